The first-order chi connectivity index (χ1) is 9.76. The third kappa shape index (κ3) is 7.36. The van der Waals surface area contributed by atoms with Crippen molar-refractivity contribution in [2.75, 3.05) is 53.0 Å². The third-order valence-electron chi connectivity index (χ3n) is 3.33. The van der Waals surface area contributed by atoms with E-state index < -0.39 is 0 Å². The zero-order valence-corrected chi connectivity index (χ0v) is 13.1. The van der Waals surface area contributed by atoms with Gasteiger partial charge < -0.3 is 19.9 Å². The molecule has 0 amide bonds. The summed E-state index contributed by atoms with van der Waals surface area (Å²) in [6.45, 7) is 10.9. The van der Waals surface area contributed by atoms with Crippen LogP contribution < -0.4 is 5.32 Å². The minimum Gasteiger partial charge on any atom is -0.384 e. The molecule has 1 saturated heterocycles. The highest BCUT2D eigenvalue weighted by atomic mass is 16.5. The molecule has 0 bridgehead atoms. The number of hydrogen-bond acceptors (Lipinski definition) is 4. The minimum absolute atomic E-state index is 0.831. The average Bonchev–Trinajstić information content (AvgIpc) is 2.48. The first-order valence-corrected chi connectivity index (χ1v) is 7.51. The molecule has 0 spiro atoms. The lowest BCUT2D eigenvalue weighted by atomic mass is 10.3. The van der Waals surface area contributed by atoms with Gasteiger partial charge in [0.2, 0.25) is 0 Å². The minimum atomic E-state index is 0.831. The van der Waals surface area contributed by atoms with Gasteiger partial charge in [-0.25, -0.2) is 0 Å². The zero-order valence-electron chi connectivity index (χ0n) is 13.1. The quantitative estimate of drug-likeness (QED) is 0.686. The molecule has 0 unspecified atom stereocenters. The van der Waals surface area contributed by atoms with E-state index in [-0.39, 0.29) is 0 Å². The van der Waals surface area contributed by atoms with Crippen LogP contribution in [0.1, 0.15) is 13.8 Å². The van der Waals surface area contributed by atoms with Gasteiger partial charge in [-0.15, -0.1) is 0 Å². The van der Waals surface area contributed by atoms with Crippen LogP contribution in [0, 0.1) is 0 Å². The van der Waals surface area contributed by atoms with Crippen molar-refractivity contribution in [1.82, 2.24) is 15.1 Å². The van der Waals surface area contributed by atoms with Gasteiger partial charge in [0.1, 0.15) is 0 Å². The highest BCUT2D eigenvalue weighted by Crippen LogP contribution is 1.99. The van der Waals surface area contributed by atoms with E-state index in [4.69, 9.17) is 4.74 Å². The van der Waals surface area contributed by atoms with Gasteiger partial charge in [0.15, 0.2) is 0 Å². The second-order valence-corrected chi connectivity index (χ2v) is 4.93. The molecule has 1 fully saturated rings. The molecule has 1 rings (SSSR count). The second-order valence-electron chi connectivity index (χ2n) is 4.93. The van der Waals surface area contributed by atoms with Gasteiger partial charge >= 0.3 is 0 Å². The summed E-state index contributed by atoms with van der Waals surface area (Å²) in [7, 11) is 2.14. The van der Waals surface area contributed by atoms with E-state index in [9.17, 15) is 0 Å². The second kappa shape index (κ2) is 10.5. The molecule has 0 aliphatic carbocycles. The number of allylic oxidation sites excluding steroid dienone is 4. The maximum atomic E-state index is 5.33. The van der Waals surface area contributed by atoms with E-state index in [0.717, 1.165) is 51.6 Å². The van der Waals surface area contributed by atoms with Crippen molar-refractivity contribution >= 4 is 0 Å². The lowest BCUT2D eigenvalue weighted by Crippen LogP contribution is -2.32. The Labute approximate surface area is 123 Å². The van der Waals surface area contributed by atoms with Gasteiger partial charge in [-0.1, -0.05) is 13.0 Å². The molecule has 0 aromatic rings. The van der Waals surface area contributed by atoms with Crippen molar-refractivity contribution in [3.05, 3.63) is 36.2 Å². The number of nitrogens with zero attached hydrogens (tertiary/aromatic N) is 2. The van der Waals surface area contributed by atoms with Crippen molar-refractivity contribution < 1.29 is 4.74 Å². The molecule has 1 N–H and O–H groups in total. The first kappa shape index (κ1) is 16.8. The molecular weight excluding hydrogens is 250 g/mol. The number of morpholine rings is 1. The molecule has 0 aromatic carbocycles. The molecule has 0 radical (unpaired) electrons. The van der Waals surface area contributed by atoms with Crippen molar-refractivity contribution in [1.29, 1.82) is 0 Å². The molecule has 4 heteroatoms. The Morgan fingerprint density at radius 2 is 2.10 bits per heavy atom. The number of likely N-dealkylation sites (N-methyl/N-ethyl adjacent to an activating group) is 1. The molecule has 0 saturated carbocycles. The number of nitrogens with one attached hydrogen (secondary N) is 1. The summed E-state index contributed by atoms with van der Waals surface area (Å²) < 4.78 is 5.33. The van der Waals surface area contributed by atoms with E-state index in [1.807, 2.05) is 6.92 Å². The van der Waals surface area contributed by atoms with E-state index in [1.54, 1.807) is 0 Å². The van der Waals surface area contributed by atoms with Crippen LogP contribution in [0.2, 0.25) is 0 Å². The Hall–Kier alpha value is -1.26. The fourth-order valence-electron chi connectivity index (χ4n) is 1.90. The Morgan fingerprint density at radius 1 is 1.35 bits per heavy atom. The van der Waals surface area contributed by atoms with Crippen LogP contribution in [0.5, 0.6) is 0 Å². The molecule has 1 heterocycles. The van der Waals surface area contributed by atoms with Crippen molar-refractivity contribution in [2.45, 2.75) is 13.8 Å². The van der Waals surface area contributed by atoms with Crippen LogP contribution in [-0.4, -0.2) is 62.8 Å². The summed E-state index contributed by atoms with van der Waals surface area (Å²) >= 11 is 0. The average molecular weight is 279 g/mol. The highest BCUT2D eigenvalue weighted by Gasteiger charge is 2.04. The van der Waals surface area contributed by atoms with Gasteiger partial charge in [-0.05, 0) is 44.9 Å². The summed E-state index contributed by atoms with van der Waals surface area (Å²) in [6.07, 6.45) is 10.5. The zero-order chi connectivity index (χ0) is 14.6. The van der Waals surface area contributed by atoms with Crippen LogP contribution in [0.15, 0.2) is 36.2 Å². The summed E-state index contributed by atoms with van der Waals surface area (Å²) in [6, 6.07) is 0. The number of ether oxygens (including phenoxy) is 1. The Morgan fingerprint density at radius 3 is 2.75 bits per heavy atom. The van der Waals surface area contributed by atoms with Crippen LogP contribution in [0.25, 0.3) is 0 Å². The SMILES string of the molecule is C\C=C/C(=C\C=C\N1CCOCC1)NCCN(C)CC. The molecule has 4 nitrogen and oxygen atoms in total. The maximum Gasteiger partial charge on any atom is 0.0642 e. The lowest BCUT2D eigenvalue weighted by Gasteiger charge is -2.24. The fraction of sp³-hybridized carbons (Fsp3) is 0.625. The molecular formula is C16H29N3O. The van der Waals surface area contributed by atoms with Gasteiger partial charge in [-0.2, -0.15) is 0 Å². The largest absolute Gasteiger partial charge is 0.384 e. The molecule has 0 aromatic heterocycles. The summed E-state index contributed by atoms with van der Waals surface area (Å²) in [4.78, 5) is 4.59. The van der Waals surface area contributed by atoms with Crippen LogP contribution in [0.3, 0.4) is 0 Å². The normalized spacial score (nSPS) is 17.6. The Balaban J connectivity index is 2.39. The topological polar surface area (TPSA) is 27.7 Å². The molecule has 114 valence electrons. The highest BCUT2D eigenvalue weighted by molar-refractivity contribution is 5.21. The van der Waals surface area contributed by atoms with Crippen molar-refractivity contribution in [3.63, 3.8) is 0 Å². The van der Waals surface area contributed by atoms with Crippen molar-refractivity contribution in [2.24, 2.45) is 0 Å². The monoisotopic (exact) mass is 279 g/mol. The van der Waals surface area contributed by atoms with Crippen LogP contribution >= 0.6 is 0 Å². The smallest absolute Gasteiger partial charge is 0.0642 e. The van der Waals surface area contributed by atoms with Gasteiger partial charge in [0.25, 0.3) is 0 Å². The summed E-state index contributed by atoms with van der Waals surface area (Å²) in [5.74, 6) is 0. The van der Waals surface area contributed by atoms with Gasteiger partial charge in [0.05, 0.1) is 13.2 Å². The third-order valence-corrected chi connectivity index (χ3v) is 3.33. The lowest BCUT2D eigenvalue weighted by molar-refractivity contribution is 0.0594. The molecule has 1 aliphatic heterocycles. The number of hydrogen-bond donors (Lipinski definition) is 1. The van der Waals surface area contributed by atoms with Gasteiger partial charge in [-0.3, -0.25) is 0 Å². The predicted molar refractivity (Wildman–Crippen MR) is 85.6 cm³/mol. The standard InChI is InChI=1S/C16H29N3O/c1-4-7-16(17-9-11-18(3)5-2)8-6-10-19-12-14-20-15-13-19/h4,6-8,10,17H,5,9,11-15H2,1-3H3/b7-4-,10-6+,16-8+. The Kier molecular flexibility index (Phi) is 8.83. The van der Waals surface area contributed by atoms with E-state index in [0.29, 0.717) is 0 Å². The fourth-order valence-corrected chi connectivity index (χ4v) is 1.90. The Bertz CT molecular complexity index is 331. The van der Waals surface area contributed by atoms with E-state index in [1.165, 1.54) is 0 Å². The molecule has 1 aliphatic rings. The van der Waals surface area contributed by atoms with E-state index in [2.05, 4.69) is 59.6 Å². The molecule has 20 heavy (non-hydrogen) atoms. The van der Waals surface area contributed by atoms with Crippen LogP contribution in [0.4, 0.5) is 0 Å². The summed E-state index contributed by atoms with van der Waals surface area (Å²) in [5, 5.41) is 3.46. The first-order valence-electron chi connectivity index (χ1n) is 7.51. The predicted octanol–water partition coefficient (Wildman–Crippen LogP) is 1.83. The molecule has 0 atom stereocenters. The van der Waals surface area contributed by atoms with E-state index >= 15 is 0 Å². The van der Waals surface area contributed by atoms with Crippen LogP contribution in [-0.2, 0) is 4.74 Å². The summed E-state index contributed by atoms with van der Waals surface area (Å²) in [5.41, 5.74) is 1.15. The maximum absolute atomic E-state index is 5.33. The van der Waals surface area contributed by atoms with Crippen molar-refractivity contribution in [3.8, 4) is 0 Å². The van der Waals surface area contributed by atoms with Gasteiger partial charge in [0, 0.05) is 31.9 Å². The number of rotatable bonds is 8.